The summed E-state index contributed by atoms with van der Waals surface area (Å²) >= 11 is 0. The van der Waals surface area contributed by atoms with Gasteiger partial charge in [0, 0.05) is 18.7 Å². The Morgan fingerprint density at radius 3 is 2.80 bits per heavy atom. The van der Waals surface area contributed by atoms with Gasteiger partial charge in [0.25, 0.3) is 0 Å². The molecule has 0 aromatic heterocycles. The maximum atomic E-state index is 8.36. The minimum Gasteiger partial charge on any atom is -0.409 e. The predicted octanol–water partition coefficient (Wildman–Crippen LogP) is 1.85. The molecule has 0 heterocycles. The largest absolute Gasteiger partial charge is 0.409 e. The molecule has 4 heteroatoms. The van der Waals surface area contributed by atoms with E-state index in [-0.39, 0.29) is 5.84 Å². The zero-order chi connectivity index (χ0) is 11.3. The summed E-state index contributed by atoms with van der Waals surface area (Å²) in [6.07, 6.45) is 0.532. The average Bonchev–Trinajstić information content (AvgIpc) is 2.21. The van der Waals surface area contributed by atoms with Crippen LogP contribution in [0, 0.1) is 13.8 Å². The Hall–Kier alpha value is -1.71. The van der Waals surface area contributed by atoms with Crippen molar-refractivity contribution in [2.24, 2.45) is 10.9 Å². The van der Waals surface area contributed by atoms with Gasteiger partial charge in [-0.05, 0) is 25.5 Å². The lowest BCUT2D eigenvalue weighted by molar-refractivity contribution is 0.317. The van der Waals surface area contributed by atoms with Gasteiger partial charge < -0.3 is 16.3 Å². The molecule has 0 spiro atoms. The Kier molecular flexibility index (Phi) is 3.97. The zero-order valence-corrected chi connectivity index (χ0v) is 9.12. The highest BCUT2D eigenvalue weighted by Crippen LogP contribution is 2.15. The summed E-state index contributed by atoms with van der Waals surface area (Å²) in [5.74, 6) is 0.243. The first-order valence-corrected chi connectivity index (χ1v) is 4.91. The first-order valence-electron chi connectivity index (χ1n) is 4.91. The van der Waals surface area contributed by atoms with Crippen molar-refractivity contribution >= 4 is 11.5 Å². The van der Waals surface area contributed by atoms with E-state index in [0.29, 0.717) is 13.0 Å². The van der Waals surface area contributed by atoms with Crippen molar-refractivity contribution in [2.75, 3.05) is 11.9 Å². The van der Waals surface area contributed by atoms with E-state index in [1.807, 2.05) is 6.07 Å². The number of anilines is 1. The number of nitrogens with zero attached hydrogens (tertiary/aromatic N) is 1. The molecule has 1 rings (SSSR count). The molecule has 0 radical (unpaired) electrons. The first kappa shape index (κ1) is 11.4. The van der Waals surface area contributed by atoms with Crippen LogP contribution in [-0.2, 0) is 0 Å². The van der Waals surface area contributed by atoms with Gasteiger partial charge >= 0.3 is 0 Å². The van der Waals surface area contributed by atoms with Crippen LogP contribution in [0.25, 0.3) is 0 Å². The number of nitrogens with two attached hydrogens (primary N) is 1. The molecule has 0 fully saturated rings. The Labute approximate surface area is 89.8 Å². The molecular formula is C11H17N3O. The summed E-state index contributed by atoms with van der Waals surface area (Å²) in [5.41, 5.74) is 8.90. The lowest BCUT2D eigenvalue weighted by atomic mass is 10.1. The number of amidine groups is 1. The Morgan fingerprint density at radius 1 is 1.47 bits per heavy atom. The standard InChI is InChI=1S/C11H17N3O/c1-8-3-4-10(9(2)7-8)13-6-5-11(12)14-15/h3-4,7,13,15H,5-6H2,1-2H3,(H2,12,14). The molecule has 4 N–H and O–H groups in total. The normalized spacial score (nSPS) is 11.5. The fourth-order valence-electron chi connectivity index (χ4n) is 1.39. The van der Waals surface area contributed by atoms with Gasteiger partial charge in [0.05, 0.1) is 0 Å². The topological polar surface area (TPSA) is 70.6 Å². The quantitative estimate of drug-likeness (QED) is 0.305. The van der Waals surface area contributed by atoms with Crippen LogP contribution in [-0.4, -0.2) is 17.6 Å². The zero-order valence-electron chi connectivity index (χ0n) is 9.12. The smallest absolute Gasteiger partial charge is 0.140 e. The van der Waals surface area contributed by atoms with Crippen molar-refractivity contribution in [3.05, 3.63) is 29.3 Å². The third-order valence-electron chi connectivity index (χ3n) is 2.21. The van der Waals surface area contributed by atoms with E-state index >= 15 is 0 Å². The number of rotatable bonds is 4. The summed E-state index contributed by atoms with van der Waals surface area (Å²) in [6, 6.07) is 6.21. The van der Waals surface area contributed by atoms with Crippen LogP contribution in [0.1, 0.15) is 17.5 Å². The van der Waals surface area contributed by atoms with Gasteiger partial charge in [-0.25, -0.2) is 0 Å². The van der Waals surface area contributed by atoms with Crippen molar-refractivity contribution in [3.63, 3.8) is 0 Å². The lowest BCUT2D eigenvalue weighted by Gasteiger charge is -2.09. The molecule has 0 amide bonds. The summed E-state index contributed by atoms with van der Waals surface area (Å²) in [7, 11) is 0. The van der Waals surface area contributed by atoms with Crippen molar-refractivity contribution in [1.29, 1.82) is 0 Å². The molecule has 1 aromatic carbocycles. The number of hydrogen-bond donors (Lipinski definition) is 3. The fourth-order valence-corrected chi connectivity index (χ4v) is 1.39. The van der Waals surface area contributed by atoms with E-state index in [1.54, 1.807) is 0 Å². The first-order chi connectivity index (χ1) is 7.13. The second kappa shape index (κ2) is 5.24. The maximum absolute atomic E-state index is 8.36. The molecule has 82 valence electrons. The predicted molar refractivity (Wildman–Crippen MR) is 62.4 cm³/mol. The average molecular weight is 207 g/mol. The van der Waals surface area contributed by atoms with Crippen LogP contribution in [0.15, 0.2) is 23.4 Å². The van der Waals surface area contributed by atoms with Crippen molar-refractivity contribution in [1.82, 2.24) is 0 Å². The molecule has 0 aliphatic carbocycles. The molecule has 1 aromatic rings. The van der Waals surface area contributed by atoms with Gasteiger partial charge in [0.1, 0.15) is 5.84 Å². The molecule has 0 saturated heterocycles. The number of nitrogens with one attached hydrogen (secondary N) is 1. The van der Waals surface area contributed by atoms with Crippen molar-refractivity contribution in [2.45, 2.75) is 20.3 Å². The van der Waals surface area contributed by atoms with E-state index < -0.39 is 0 Å². The molecular weight excluding hydrogens is 190 g/mol. The van der Waals surface area contributed by atoms with Crippen LogP contribution in [0.2, 0.25) is 0 Å². The van der Waals surface area contributed by atoms with Crippen LogP contribution in [0.4, 0.5) is 5.69 Å². The van der Waals surface area contributed by atoms with Gasteiger partial charge in [-0.1, -0.05) is 22.9 Å². The molecule has 0 atom stereocenters. The van der Waals surface area contributed by atoms with E-state index in [9.17, 15) is 0 Å². The highest BCUT2D eigenvalue weighted by atomic mass is 16.4. The highest BCUT2D eigenvalue weighted by molar-refractivity contribution is 5.80. The molecule has 4 nitrogen and oxygen atoms in total. The van der Waals surface area contributed by atoms with Gasteiger partial charge in [-0.3, -0.25) is 0 Å². The Morgan fingerprint density at radius 2 is 2.20 bits per heavy atom. The maximum Gasteiger partial charge on any atom is 0.140 e. The second-order valence-corrected chi connectivity index (χ2v) is 3.59. The third-order valence-corrected chi connectivity index (χ3v) is 2.21. The summed E-state index contributed by atoms with van der Waals surface area (Å²) in [6.45, 7) is 4.78. The van der Waals surface area contributed by atoms with Crippen molar-refractivity contribution < 1.29 is 5.21 Å². The van der Waals surface area contributed by atoms with Gasteiger partial charge in [-0.15, -0.1) is 0 Å². The SMILES string of the molecule is Cc1ccc(NCCC(N)=NO)c(C)c1. The van der Waals surface area contributed by atoms with Crippen LogP contribution in [0.5, 0.6) is 0 Å². The molecule has 0 unspecified atom stereocenters. The van der Waals surface area contributed by atoms with Gasteiger partial charge in [-0.2, -0.15) is 0 Å². The molecule has 0 bridgehead atoms. The monoisotopic (exact) mass is 207 g/mol. The van der Waals surface area contributed by atoms with E-state index in [4.69, 9.17) is 10.9 Å². The van der Waals surface area contributed by atoms with Crippen LogP contribution >= 0.6 is 0 Å². The van der Waals surface area contributed by atoms with Crippen LogP contribution in [0.3, 0.4) is 0 Å². The van der Waals surface area contributed by atoms with E-state index in [1.165, 1.54) is 11.1 Å². The third kappa shape index (κ3) is 3.50. The summed E-state index contributed by atoms with van der Waals surface area (Å²) < 4.78 is 0. The minimum absolute atomic E-state index is 0.243. The molecule has 0 aliphatic rings. The molecule has 0 saturated carbocycles. The fraction of sp³-hybridized carbons (Fsp3) is 0.364. The minimum atomic E-state index is 0.243. The Bertz CT molecular complexity index is 361. The lowest BCUT2D eigenvalue weighted by Crippen LogP contribution is -2.16. The molecule has 0 aliphatic heterocycles. The summed E-state index contributed by atoms with van der Waals surface area (Å²) in [4.78, 5) is 0. The number of oxime groups is 1. The summed E-state index contributed by atoms with van der Waals surface area (Å²) in [5, 5.41) is 14.5. The van der Waals surface area contributed by atoms with E-state index in [2.05, 4.69) is 36.5 Å². The van der Waals surface area contributed by atoms with Gasteiger partial charge in [0.15, 0.2) is 0 Å². The number of aryl methyl sites for hydroxylation is 2. The van der Waals surface area contributed by atoms with E-state index in [0.717, 1.165) is 5.69 Å². The highest BCUT2D eigenvalue weighted by Gasteiger charge is 1.98. The Balaban J connectivity index is 2.51. The molecule has 15 heavy (non-hydrogen) atoms. The second-order valence-electron chi connectivity index (χ2n) is 3.59. The van der Waals surface area contributed by atoms with Gasteiger partial charge in [0.2, 0.25) is 0 Å². The number of benzene rings is 1. The van der Waals surface area contributed by atoms with Crippen molar-refractivity contribution in [3.8, 4) is 0 Å². The van der Waals surface area contributed by atoms with Crippen LogP contribution < -0.4 is 11.1 Å². The number of hydrogen-bond acceptors (Lipinski definition) is 3.